The zero-order chi connectivity index (χ0) is 15.6. The van der Waals surface area contributed by atoms with Crippen LogP contribution in [-0.2, 0) is 6.18 Å². The fourth-order valence-electron chi connectivity index (χ4n) is 1.47. The number of alkyl halides is 3. The van der Waals surface area contributed by atoms with Gasteiger partial charge in [0.15, 0.2) is 4.77 Å². The Bertz CT molecular complexity index is 810. The number of aromatic nitrogens is 2. The molecule has 1 heterocycles. The van der Waals surface area contributed by atoms with Crippen LogP contribution in [-0.4, -0.2) is 15.1 Å². The summed E-state index contributed by atoms with van der Waals surface area (Å²) in [5.41, 5.74) is -2.93. The van der Waals surface area contributed by atoms with Gasteiger partial charge in [0.05, 0.1) is 11.3 Å². The smallest absolute Gasteiger partial charge is 0.418 e. The maximum absolute atomic E-state index is 12.7. The summed E-state index contributed by atoms with van der Waals surface area (Å²) in [6, 6.07) is 4.46. The first-order valence-corrected chi connectivity index (χ1v) is 5.83. The number of aromatic amines is 2. The van der Waals surface area contributed by atoms with E-state index in [4.69, 9.17) is 0 Å². The lowest BCUT2D eigenvalue weighted by atomic mass is 10.2. The van der Waals surface area contributed by atoms with Crippen LogP contribution in [0.1, 0.15) is 5.56 Å². The van der Waals surface area contributed by atoms with Crippen LogP contribution in [0.25, 0.3) is 0 Å². The standard InChI is InChI=1S/C11H7F3N4O2S/c12-11(13,14)5-3-1-2-4-6(5)17-18-7-8(19)15-10(21)16-9(7)20/h1-4H,(H3,15,16,19,20,21). The van der Waals surface area contributed by atoms with Gasteiger partial charge in [0.25, 0.3) is 5.56 Å². The monoisotopic (exact) mass is 316 g/mol. The number of aromatic hydroxyl groups is 1. The van der Waals surface area contributed by atoms with Crippen molar-refractivity contribution in [3.63, 3.8) is 0 Å². The van der Waals surface area contributed by atoms with E-state index < -0.39 is 34.6 Å². The molecular formula is C11H7F3N4O2S. The molecular weight excluding hydrogens is 309 g/mol. The Kier molecular flexibility index (Phi) is 3.89. The third-order valence-corrected chi connectivity index (χ3v) is 2.57. The predicted molar refractivity (Wildman–Crippen MR) is 69.5 cm³/mol. The zero-order valence-corrected chi connectivity index (χ0v) is 10.9. The molecule has 21 heavy (non-hydrogen) atoms. The van der Waals surface area contributed by atoms with E-state index in [0.29, 0.717) is 0 Å². The summed E-state index contributed by atoms with van der Waals surface area (Å²) < 4.78 is 38.1. The Morgan fingerprint density at radius 1 is 1.14 bits per heavy atom. The number of hydrogen-bond donors (Lipinski definition) is 3. The van der Waals surface area contributed by atoms with Crippen molar-refractivity contribution in [2.75, 3.05) is 0 Å². The van der Waals surface area contributed by atoms with Gasteiger partial charge in [-0.25, -0.2) is 0 Å². The van der Waals surface area contributed by atoms with Gasteiger partial charge in [-0.15, -0.1) is 10.2 Å². The van der Waals surface area contributed by atoms with Crippen molar-refractivity contribution < 1.29 is 18.3 Å². The molecule has 0 spiro atoms. The van der Waals surface area contributed by atoms with Crippen LogP contribution in [0.4, 0.5) is 24.5 Å². The van der Waals surface area contributed by atoms with Gasteiger partial charge in [-0.1, -0.05) is 12.1 Å². The number of H-pyrrole nitrogens is 2. The van der Waals surface area contributed by atoms with E-state index in [1.54, 1.807) is 0 Å². The Morgan fingerprint density at radius 2 is 1.81 bits per heavy atom. The summed E-state index contributed by atoms with van der Waals surface area (Å²) in [7, 11) is 0. The second-order valence-corrected chi connectivity index (χ2v) is 4.23. The summed E-state index contributed by atoms with van der Waals surface area (Å²) in [4.78, 5) is 15.8. The largest absolute Gasteiger partial charge is 0.493 e. The topological polar surface area (TPSA) is 93.6 Å². The lowest BCUT2D eigenvalue weighted by molar-refractivity contribution is -0.137. The van der Waals surface area contributed by atoms with Crippen LogP contribution in [0.5, 0.6) is 5.88 Å². The molecule has 0 unspecified atom stereocenters. The Balaban J connectivity index is 2.49. The normalized spacial score (nSPS) is 12.0. The number of halogens is 3. The number of nitrogens with zero attached hydrogens (tertiary/aromatic N) is 2. The first-order chi connectivity index (χ1) is 9.79. The van der Waals surface area contributed by atoms with E-state index in [2.05, 4.69) is 32.4 Å². The van der Waals surface area contributed by atoms with E-state index in [9.17, 15) is 23.1 Å². The maximum atomic E-state index is 12.7. The molecule has 2 rings (SSSR count). The Morgan fingerprint density at radius 3 is 2.43 bits per heavy atom. The molecule has 2 aromatic rings. The van der Waals surface area contributed by atoms with Crippen molar-refractivity contribution in [3.8, 4) is 5.88 Å². The van der Waals surface area contributed by atoms with Crippen molar-refractivity contribution in [2.24, 2.45) is 10.2 Å². The Labute approximate surface area is 120 Å². The molecule has 0 radical (unpaired) electrons. The second kappa shape index (κ2) is 5.48. The quantitative estimate of drug-likeness (QED) is 0.584. The van der Waals surface area contributed by atoms with Gasteiger partial charge in [-0.2, -0.15) is 13.2 Å². The molecule has 10 heteroatoms. The third-order valence-electron chi connectivity index (χ3n) is 2.37. The molecule has 0 aliphatic rings. The average Bonchev–Trinajstić information content (AvgIpc) is 2.36. The van der Waals surface area contributed by atoms with E-state index >= 15 is 0 Å². The molecule has 0 atom stereocenters. The second-order valence-electron chi connectivity index (χ2n) is 3.82. The molecule has 0 aliphatic carbocycles. The van der Waals surface area contributed by atoms with Crippen LogP contribution in [0.15, 0.2) is 39.3 Å². The third kappa shape index (κ3) is 3.34. The molecule has 0 saturated heterocycles. The van der Waals surface area contributed by atoms with Crippen molar-refractivity contribution in [3.05, 3.63) is 45.0 Å². The highest BCUT2D eigenvalue weighted by molar-refractivity contribution is 7.71. The number of hydrogen-bond acceptors (Lipinski definition) is 5. The summed E-state index contributed by atoms with van der Waals surface area (Å²) in [6.07, 6.45) is -4.61. The van der Waals surface area contributed by atoms with Gasteiger partial charge in [0.2, 0.25) is 11.6 Å². The molecule has 0 fully saturated rings. The van der Waals surface area contributed by atoms with Crippen LogP contribution < -0.4 is 5.56 Å². The van der Waals surface area contributed by atoms with Crippen molar-refractivity contribution in [1.29, 1.82) is 0 Å². The van der Waals surface area contributed by atoms with E-state index in [1.165, 1.54) is 12.1 Å². The van der Waals surface area contributed by atoms with Gasteiger partial charge < -0.3 is 10.1 Å². The van der Waals surface area contributed by atoms with Crippen molar-refractivity contribution >= 4 is 23.6 Å². The predicted octanol–water partition coefficient (Wildman–Crippen LogP) is 3.57. The summed E-state index contributed by atoms with van der Waals surface area (Å²) in [5, 5.41) is 16.2. The minimum atomic E-state index is -4.61. The number of azo groups is 1. The minimum absolute atomic E-state index is 0.146. The molecule has 0 aliphatic heterocycles. The molecule has 0 saturated carbocycles. The highest BCUT2D eigenvalue weighted by Gasteiger charge is 2.33. The van der Waals surface area contributed by atoms with Gasteiger partial charge in [0, 0.05) is 0 Å². The first kappa shape index (κ1) is 14.9. The molecule has 0 bridgehead atoms. The fourth-order valence-corrected chi connectivity index (χ4v) is 1.65. The molecule has 6 nitrogen and oxygen atoms in total. The summed E-state index contributed by atoms with van der Waals surface area (Å²) in [5.74, 6) is -0.683. The molecule has 1 aromatic heterocycles. The summed E-state index contributed by atoms with van der Waals surface area (Å²) in [6.45, 7) is 0. The van der Waals surface area contributed by atoms with Crippen molar-refractivity contribution in [1.82, 2.24) is 9.97 Å². The van der Waals surface area contributed by atoms with Crippen LogP contribution >= 0.6 is 12.2 Å². The molecule has 110 valence electrons. The fraction of sp³-hybridized carbons (Fsp3) is 0.0909. The zero-order valence-electron chi connectivity index (χ0n) is 10.1. The van der Waals surface area contributed by atoms with Crippen molar-refractivity contribution in [2.45, 2.75) is 6.18 Å². The molecule has 0 amide bonds. The molecule has 3 N–H and O–H groups in total. The number of nitrogens with one attached hydrogen (secondary N) is 2. The number of benzene rings is 1. The minimum Gasteiger partial charge on any atom is -0.493 e. The van der Waals surface area contributed by atoms with Crippen LogP contribution in [0.3, 0.4) is 0 Å². The number of rotatable bonds is 2. The maximum Gasteiger partial charge on any atom is 0.418 e. The first-order valence-electron chi connectivity index (χ1n) is 5.42. The SMILES string of the molecule is O=c1[nH]c(=S)[nH]c(O)c1N=Nc1ccccc1C(F)(F)F. The van der Waals surface area contributed by atoms with Crippen LogP contribution in [0, 0.1) is 4.77 Å². The summed E-state index contributed by atoms with van der Waals surface area (Å²) >= 11 is 4.60. The van der Waals surface area contributed by atoms with E-state index in [-0.39, 0.29) is 4.77 Å². The Hall–Kier alpha value is -2.49. The van der Waals surface area contributed by atoms with Gasteiger partial charge in [0.1, 0.15) is 0 Å². The van der Waals surface area contributed by atoms with E-state index in [0.717, 1.165) is 12.1 Å². The average molecular weight is 316 g/mol. The lowest BCUT2D eigenvalue weighted by Crippen LogP contribution is -2.06. The van der Waals surface area contributed by atoms with E-state index in [1.807, 2.05) is 0 Å². The van der Waals surface area contributed by atoms with Crippen LogP contribution in [0.2, 0.25) is 0 Å². The highest BCUT2D eigenvalue weighted by atomic mass is 32.1. The van der Waals surface area contributed by atoms with Gasteiger partial charge >= 0.3 is 6.18 Å². The van der Waals surface area contributed by atoms with Gasteiger partial charge in [-0.05, 0) is 24.4 Å². The molecule has 1 aromatic carbocycles. The lowest BCUT2D eigenvalue weighted by Gasteiger charge is -2.08. The van der Waals surface area contributed by atoms with Gasteiger partial charge in [-0.3, -0.25) is 9.78 Å². The highest BCUT2D eigenvalue weighted by Crippen LogP contribution is 2.36.